The third kappa shape index (κ3) is 1.64. The van der Waals surface area contributed by atoms with Crippen LogP contribution in [0.1, 0.15) is 29.3 Å². The number of benzene rings is 1. The van der Waals surface area contributed by atoms with Gasteiger partial charge in [0.25, 0.3) is 0 Å². The standard InChI is InChI=1S/C10H9F3O/c1-3-8(14)6-4-7(11)10(13)5(2)9(6)12/h4H,3H2,1-2H3. The molecule has 1 aromatic carbocycles. The highest BCUT2D eigenvalue weighted by molar-refractivity contribution is 5.96. The van der Waals surface area contributed by atoms with Crippen LogP contribution >= 0.6 is 0 Å². The van der Waals surface area contributed by atoms with Crippen molar-refractivity contribution < 1.29 is 18.0 Å². The van der Waals surface area contributed by atoms with Crippen molar-refractivity contribution in [2.45, 2.75) is 20.3 Å². The molecule has 0 saturated heterocycles. The maximum absolute atomic E-state index is 13.3. The van der Waals surface area contributed by atoms with Crippen molar-refractivity contribution in [2.75, 3.05) is 0 Å². The fourth-order valence-corrected chi connectivity index (χ4v) is 1.12. The molecule has 0 aromatic heterocycles. The Morgan fingerprint density at radius 3 is 2.36 bits per heavy atom. The Morgan fingerprint density at radius 1 is 1.29 bits per heavy atom. The minimum Gasteiger partial charge on any atom is -0.294 e. The number of Topliss-reactive ketones (excluding diaryl/α,β-unsaturated/α-hetero) is 1. The summed E-state index contributed by atoms with van der Waals surface area (Å²) in [5, 5.41) is 0. The summed E-state index contributed by atoms with van der Waals surface area (Å²) in [6, 6.07) is 0.601. The molecule has 14 heavy (non-hydrogen) atoms. The Labute approximate surface area is 79.5 Å². The maximum Gasteiger partial charge on any atom is 0.165 e. The van der Waals surface area contributed by atoms with Crippen LogP contribution in [-0.4, -0.2) is 5.78 Å². The van der Waals surface area contributed by atoms with Crippen molar-refractivity contribution in [2.24, 2.45) is 0 Å². The van der Waals surface area contributed by atoms with E-state index in [-0.39, 0.29) is 12.0 Å². The van der Waals surface area contributed by atoms with Gasteiger partial charge >= 0.3 is 0 Å². The zero-order valence-electron chi connectivity index (χ0n) is 7.83. The van der Waals surface area contributed by atoms with E-state index in [2.05, 4.69) is 0 Å². The molecule has 1 rings (SSSR count). The molecule has 0 aliphatic carbocycles. The average Bonchev–Trinajstić information content (AvgIpc) is 2.19. The molecule has 0 fully saturated rings. The first kappa shape index (κ1) is 10.8. The normalized spacial score (nSPS) is 10.4. The lowest BCUT2D eigenvalue weighted by atomic mass is 10.0. The molecule has 0 bridgehead atoms. The van der Waals surface area contributed by atoms with E-state index in [1.54, 1.807) is 0 Å². The van der Waals surface area contributed by atoms with Gasteiger partial charge in [-0.3, -0.25) is 4.79 Å². The summed E-state index contributed by atoms with van der Waals surface area (Å²) in [5.74, 6) is -3.95. The van der Waals surface area contributed by atoms with Crippen molar-refractivity contribution in [1.82, 2.24) is 0 Å². The van der Waals surface area contributed by atoms with Gasteiger partial charge in [0.1, 0.15) is 5.82 Å². The fraction of sp³-hybridized carbons (Fsp3) is 0.300. The molecule has 0 amide bonds. The third-order valence-corrected chi connectivity index (χ3v) is 2.00. The van der Waals surface area contributed by atoms with Gasteiger partial charge in [0, 0.05) is 12.0 Å². The van der Waals surface area contributed by atoms with Crippen LogP contribution in [0, 0.1) is 24.4 Å². The van der Waals surface area contributed by atoms with Gasteiger partial charge in [0.05, 0.1) is 5.56 Å². The Morgan fingerprint density at radius 2 is 1.86 bits per heavy atom. The summed E-state index contributed by atoms with van der Waals surface area (Å²) in [5.41, 5.74) is -0.842. The van der Waals surface area contributed by atoms with Gasteiger partial charge in [0.15, 0.2) is 17.4 Å². The molecule has 0 aliphatic heterocycles. The first-order valence-corrected chi connectivity index (χ1v) is 4.16. The van der Waals surface area contributed by atoms with Crippen LogP contribution in [-0.2, 0) is 0 Å². The third-order valence-electron chi connectivity index (χ3n) is 2.00. The number of ketones is 1. The molecule has 0 aliphatic rings. The highest BCUT2D eigenvalue weighted by Gasteiger charge is 2.18. The number of rotatable bonds is 2. The Kier molecular flexibility index (Phi) is 2.93. The Hall–Kier alpha value is -1.32. The van der Waals surface area contributed by atoms with E-state index in [9.17, 15) is 18.0 Å². The minimum absolute atomic E-state index is 0.0570. The van der Waals surface area contributed by atoms with Crippen molar-refractivity contribution in [1.29, 1.82) is 0 Å². The first-order chi connectivity index (χ1) is 6.49. The smallest absolute Gasteiger partial charge is 0.165 e. The molecule has 0 atom stereocenters. The lowest BCUT2D eigenvalue weighted by Crippen LogP contribution is -2.06. The van der Waals surface area contributed by atoms with Gasteiger partial charge in [0.2, 0.25) is 0 Å². The molecule has 1 nitrogen and oxygen atoms in total. The zero-order valence-corrected chi connectivity index (χ0v) is 7.83. The van der Waals surface area contributed by atoms with Gasteiger partial charge < -0.3 is 0 Å². The Balaban J connectivity index is 3.40. The SMILES string of the molecule is CCC(=O)c1cc(F)c(F)c(C)c1F. The summed E-state index contributed by atoms with van der Waals surface area (Å²) < 4.78 is 38.9. The van der Waals surface area contributed by atoms with Crippen LogP contribution in [0.15, 0.2) is 6.07 Å². The summed E-state index contributed by atoms with van der Waals surface area (Å²) >= 11 is 0. The predicted octanol–water partition coefficient (Wildman–Crippen LogP) is 3.01. The van der Waals surface area contributed by atoms with Gasteiger partial charge in [-0.25, -0.2) is 13.2 Å². The lowest BCUT2D eigenvalue weighted by Gasteiger charge is -2.05. The molecule has 4 heteroatoms. The number of carbonyl (C=O) groups is 1. The summed E-state index contributed by atoms with van der Waals surface area (Å²) in [4.78, 5) is 11.1. The second kappa shape index (κ2) is 3.82. The number of hydrogen-bond donors (Lipinski definition) is 0. The molecule has 76 valence electrons. The molecule has 1 aromatic rings. The molecular weight excluding hydrogens is 193 g/mol. The largest absolute Gasteiger partial charge is 0.294 e. The second-order valence-electron chi connectivity index (χ2n) is 2.94. The quantitative estimate of drug-likeness (QED) is 0.532. The average molecular weight is 202 g/mol. The topological polar surface area (TPSA) is 17.1 Å². The van der Waals surface area contributed by atoms with Crippen molar-refractivity contribution in [3.05, 3.63) is 34.6 Å². The highest BCUT2D eigenvalue weighted by atomic mass is 19.2. The van der Waals surface area contributed by atoms with Crippen molar-refractivity contribution >= 4 is 5.78 Å². The van der Waals surface area contributed by atoms with E-state index in [0.29, 0.717) is 6.07 Å². The van der Waals surface area contributed by atoms with E-state index in [4.69, 9.17) is 0 Å². The molecule has 0 radical (unpaired) electrons. The fourth-order valence-electron chi connectivity index (χ4n) is 1.12. The Bertz CT molecular complexity index is 385. The monoisotopic (exact) mass is 202 g/mol. The number of halogens is 3. The minimum atomic E-state index is -1.24. The lowest BCUT2D eigenvalue weighted by molar-refractivity contribution is 0.0983. The van der Waals surface area contributed by atoms with Crippen LogP contribution in [0.25, 0.3) is 0 Å². The van der Waals surface area contributed by atoms with E-state index in [1.807, 2.05) is 0 Å². The van der Waals surface area contributed by atoms with E-state index >= 15 is 0 Å². The second-order valence-corrected chi connectivity index (χ2v) is 2.94. The van der Waals surface area contributed by atoms with Gasteiger partial charge in [-0.2, -0.15) is 0 Å². The van der Waals surface area contributed by atoms with Crippen LogP contribution < -0.4 is 0 Å². The maximum atomic E-state index is 13.3. The van der Waals surface area contributed by atoms with E-state index < -0.39 is 28.8 Å². The van der Waals surface area contributed by atoms with Crippen LogP contribution in [0.3, 0.4) is 0 Å². The molecule has 0 spiro atoms. The molecule has 0 heterocycles. The van der Waals surface area contributed by atoms with E-state index in [0.717, 1.165) is 6.92 Å². The molecular formula is C10H9F3O. The summed E-state index contributed by atoms with van der Waals surface area (Å²) in [7, 11) is 0. The summed E-state index contributed by atoms with van der Waals surface area (Å²) in [6.07, 6.45) is 0.0570. The molecule has 0 N–H and O–H groups in total. The highest BCUT2D eigenvalue weighted by Crippen LogP contribution is 2.20. The molecule has 0 saturated carbocycles. The predicted molar refractivity (Wildman–Crippen MR) is 45.7 cm³/mol. The number of hydrogen-bond acceptors (Lipinski definition) is 1. The van der Waals surface area contributed by atoms with Crippen LogP contribution in [0.4, 0.5) is 13.2 Å². The first-order valence-electron chi connectivity index (χ1n) is 4.16. The molecule has 0 unspecified atom stereocenters. The number of carbonyl (C=O) groups excluding carboxylic acids is 1. The van der Waals surface area contributed by atoms with Gasteiger partial charge in [-0.05, 0) is 13.0 Å². The van der Waals surface area contributed by atoms with Crippen molar-refractivity contribution in [3.8, 4) is 0 Å². The van der Waals surface area contributed by atoms with Gasteiger partial charge in [-0.1, -0.05) is 6.92 Å². The van der Waals surface area contributed by atoms with Crippen molar-refractivity contribution in [3.63, 3.8) is 0 Å². The zero-order chi connectivity index (χ0) is 10.9. The van der Waals surface area contributed by atoms with Crippen LogP contribution in [0.5, 0.6) is 0 Å². The summed E-state index contributed by atoms with van der Waals surface area (Å²) in [6.45, 7) is 2.62. The van der Waals surface area contributed by atoms with Gasteiger partial charge in [-0.15, -0.1) is 0 Å². The van der Waals surface area contributed by atoms with E-state index in [1.165, 1.54) is 6.92 Å². The van der Waals surface area contributed by atoms with Crippen LogP contribution in [0.2, 0.25) is 0 Å².